The molecule has 1 aromatic rings. The molecule has 106 valence electrons. The number of fused-ring (bicyclic) bond motifs is 1. The van der Waals surface area contributed by atoms with Crippen LogP contribution in [0.3, 0.4) is 0 Å². The van der Waals surface area contributed by atoms with Crippen molar-refractivity contribution in [3.63, 3.8) is 0 Å². The normalized spacial score (nSPS) is 25.3. The van der Waals surface area contributed by atoms with E-state index in [1.807, 2.05) is 17.0 Å². The third kappa shape index (κ3) is 2.42. The molecule has 0 bridgehead atoms. The van der Waals surface area contributed by atoms with E-state index in [0.29, 0.717) is 38.8 Å². The summed E-state index contributed by atoms with van der Waals surface area (Å²) >= 11 is 0. The van der Waals surface area contributed by atoms with Gasteiger partial charge in [-0.2, -0.15) is 0 Å². The summed E-state index contributed by atoms with van der Waals surface area (Å²) in [6.45, 7) is 1.40. The van der Waals surface area contributed by atoms with Gasteiger partial charge in [0, 0.05) is 19.0 Å². The van der Waals surface area contributed by atoms with E-state index in [4.69, 9.17) is 5.11 Å². The fourth-order valence-electron chi connectivity index (χ4n) is 3.33. The van der Waals surface area contributed by atoms with Crippen LogP contribution in [0.2, 0.25) is 0 Å². The summed E-state index contributed by atoms with van der Waals surface area (Å²) in [5, 5.41) is 9.00. The molecule has 1 N–H and O–H groups in total. The van der Waals surface area contributed by atoms with Crippen LogP contribution in [0.5, 0.6) is 0 Å². The third-order valence-electron chi connectivity index (χ3n) is 4.58. The maximum Gasteiger partial charge on any atom is 0.306 e. The smallest absolute Gasteiger partial charge is 0.306 e. The number of carbonyl (C=O) groups is 2. The Morgan fingerprint density at radius 3 is 1.95 bits per heavy atom. The van der Waals surface area contributed by atoms with Gasteiger partial charge >= 0.3 is 5.97 Å². The Morgan fingerprint density at radius 1 is 0.950 bits per heavy atom. The van der Waals surface area contributed by atoms with Crippen LogP contribution in [-0.4, -0.2) is 21.9 Å². The molecule has 2 aliphatic rings. The van der Waals surface area contributed by atoms with E-state index >= 15 is 0 Å². The van der Waals surface area contributed by atoms with E-state index in [1.54, 1.807) is 0 Å². The minimum atomic E-state index is -0.718. The standard InChI is InChI=1S/C16H19NO3/c18-15(11-5-7-12(8-6-11)16(19)20)17-9-13-3-1-2-4-14(13)10-17/h1-4,11-12H,5-10H2,(H,19,20). The van der Waals surface area contributed by atoms with E-state index in [2.05, 4.69) is 12.1 Å². The summed E-state index contributed by atoms with van der Waals surface area (Å²) in [5.74, 6) is -0.760. The van der Waals surface area contributed by atoms with Gasteiger partial charge < -0.3 is 10.0 Å². The highest BCUT2D eigenvalue weighted by Crippen LogP contribution is 2.32. The summed E-state index contributed by atoms with van der Waals surface area (Å²) in [5.41, 5.74) is 2.47. The molecule has 1 amide bonds. The van der Waals surface area contributed by atoms with Gasteiger partial charge in [-0.1, -0.05) is 24.3 Å². The summed E-state index contributed by atoms with van der Waals surface area (Å²) < 4.78 is 0. The number of carboxylic acids is 1. The van der Waals surface area contributed by atoms with Gasteiger partial charge in [0.2, 0.25) is 5.91 Å². The van der Waals surface area contributed by atoms with Crippen molar-refractivity contribution in [2.75, 3.05) is 0 Å². The van der Waals surface area contributed by atoms with E-state index < -0.39 is 5.97 Å². The third-order valence-corrected chi connectivity index (χ3v) is 4.58. The summed E-state index contributed by atoms with van der Waals surface area (Å²) in [6.07, 6.45) is 2.68. The molecule has 0 atom stereocenters. The van der Waals surface area contributed by atoms with Gasteiger partial charge in [0.1, 0.15) is 0 Å². The molecule has 0 unspecified atom stereocenters. The van der Waals surface area contributed by atoms with Crippen LogP contribution >= 0.6 is 0 Å². The second-order valence-electron chi connectivity index (χ2n) is 5.85. The lowest BCUT2D eigenvalue weighted by Crippen LogP contribution is -2.35. The molecule has 3 rings (SSSR count). The number of hydrogen-bond acceptors (Lipinski definition) is 2. The van der Waals surface area contributed by atoms with Crippen LogP contribution in [0.25, 0.3) is 0 Å². The maximum atomic E-state index is 12.5. The molecule has 0 radical (unpaired) electrons. The second kappa shape index (κ2) is 5.27. The van der Waals surface area contributed by atoms with Crippen molar-refractivity contribution < 1.29 is 14.7 Å². The molecule has 1 aliphatic carbocycles. The Hall–Kier alpha value is -1.84. The zero-order valence-corrected chi connectivity index (χ0v) is 11.4. The summed E-state index contributed by atoms with van der Waals surface area (Å²) in [7, 11) is 0. The maximum absolute atomic E-state index is 12.5. The molecule has 4 nitrogen and oxygen atoms in total. The molecule has 1 aliphatic heterocycles. The predicted molar refractivity (Wildman–Crippen MR) is 73.8 cm³/mol. The minimum absolute atomic E-state index is 0.0138. The van der Waals surface area contributed by atoms with Crippen molar-refractivity contribution in [1.82, 2.24) is 4.90 Å². The second-order valence-corrected chi connectivity index (χ2v) is 5.85. The average molecular weight is 273 g/mol. The largest absolute Gasteiger partial charge is 0.481 e. The quantitative estimate of drug-likeness (QED) is 0.900. The molecule has 4 heteroatoms. The number of carbonyl (C=O) groups excluding carboxylic acids is 1. The van der Waals surface area contributed by atoms with Crippen molar-refractivity contribution in [2.24, 2.45) is 11.8 Å². The molecule has 1 fully saturated rings. The number of amides is 1. The number of benzene rings is 1. The van der Waals surface area contributed by atoms with Crippen LogP contribution in [0, 0.1) is 11.8 Å². The topological polar surface area (TPSA) is 57.6 Å². The van der Waals surface area contributed by atoms with E-state index in [-0.39, 0.29) is 17.7 Å². The van der Waals surface area contributed by atoms with Crippen molar-refractivity contribution in [3.05, 3.63) is 35.4 Å². The van der Waals surface area contributed by atoms with Crippen molar-refractivity contribution >= 4 is 11.9 Å². The Kier molecular flexibility index (Phi) is 3.47. The first-order valence-corrected chi connectivity index (χ1v) is 7.23. The van der Waals surface area contributed by atoms with Gasteiger partial charge in [-0.3, -0.25) is 9.59 Å². The SMILES string of the molecule is O=C(O)C1CCC(C(=O)N2Cc3ccccc3C2)CC1. The first-order chi connectivity index (χ1) is 9.65. The Labute approximate surface area is 118 Å². The number of carboxylic acid groups (broad SMARTS) is 1. The van der Waals surface area contributed by atoms with Gasteiger partial charge in [0.25, 0.3) is 0 Å². The Morgan fingerprint density at radius 2 is 1.45 bits per heavy atom. The van der Waals surface area contributed by atoms with Crippen LogP contribution in [-0.2, 0) is 22.7 Å². The Balaban J connectivity index is 1.60. The van der Waals surface area contributed by atoms with Gasteiger partial charge in [-0.05, 0) is 36.8 Å². The van der Waals surface area contributed by atoms with Gasteiger partial charge in [-0.15, -0.1) is 0 Å². The first kappa shape index (κ1) is 13.2. The molecule has 1 aromatic carbocycles. The number of hydrogen-bond donors (Lipinski definition) is 1. The van der Waals surface area contributed by atoms with Crippen LogP contribution in [0.15, 0.2) is 24.3 Å². The summed E-state index contributed by atoms with van der Waals surface area (Å²) in [4.78, 5) is 25.4. The highest BCUT2D eigenvalue weighted by molar-refractivity contribution is 5.80. The molecule has 1 heterocycles. The van der Waals surface area contributed by atoms with E-state index in [1.165, 1.54) is 11.1 Å². The van der Waals surface area contributed by atoms with E-state index in [0.717, 1.165) is 0 Å². The van der Waals surface area contributed by atoms with Crippen LogP contribution < -0.4 is 0 Å². The monoisotopic (exact) mass is 273 g/mol. The molecule has 0 saturated heterocycles. The highest BCUT2D eigenvalue weighted by Gasteiger charge is 2.33. The van der Waals surface area contributed by atoms with E-state index in [9.17, 15) is 9.59 Å². The lowest BCUT2D eigenvalue weighted by Gasteiger charge is -2.28. The average Bonchev–Trinajstić information content (AvgIpc) is 2.90. The molecule has 20 heavy (non-hydrogen) atoms. The molecule has 1 saturated carbocycles. The lowest BCUT2D eigenvalue weighted by atomic mass is 9.81. The Bertz CT molecular complexity index is 507. The van der Waals surface area contributed by atoms with Crippen molar-refractivity contribution in [2.45, 2.75) is 38.8 Å². The lowest BCUT2D eigenvalue weighted by molar-refractivity contribution is -0.145. The number of rotatable bonds is 2. The first-order valence-electron chi connectivity index (χ1n) is 7.23. The van der Waals surface area contributed by atoms with Crippen LogP contribution in [0.4, 0.5) is 0 Å². The molecular formula is C16H19NO3. The van der Waals surface area contributed by atoms with Gasteiger partial charge in [-0.25, -0.2) is 0 Å². The van der Waals surface area contributed by atoms with Crippen LogP contribution in [0.1, 0.15) is 36.8 Å². The van der Waals surface area contributed by atoms with Crippen molar-refractivity contribution in [3.8, 4) is 0 Å². The fraction of sp³-hybridized carbons (Fsp3) is 0.500. The fourth-order valence-corrected chi connectivity index (χ4v) is 3.33. The molecule has 0 spiro atoms. The number of nitrogens with zero attached hydrogens (tertiary/aromatic N) is 1. The summed E-state index contributed by atoms with van der Waals surface area (Å²) in [6, 6.07) is 8.16. The van der Waals surface area contributed by atoms with Gasteiger partial charge in [0.15, 0.2) is 0 Å². The number of aliphatic carboxylic acids is 1. The molecule has 0 aromatic heterocycles. The zero-order valence-electron chi connectivity index (χ0n) is 11.4. The van der Waals surface area contributed by atoms with Gasteiger partial charge in [0.05, 0.1) is 5.92 Å². The van der Waals surface area contributed by atoms with Crippen molar-refractivity contribution in [1.29, 1.82) is 0 Å². The highest BCUT2D eigenvalue weighted by atomic mass is 16.4. The minimum Gasteiger partial charge on any atom is -0.481 e. The molecular weight excluding hydrogens is 254 g/mol. The predicted octanol–water partition coefficient (Wildman–Crippen LogP) is 2.42. The zero-order chi connectivity index (χ0) is 14.1.